The average Bonchev–Trinajstić information content (AvgIpc) is 2.95. The highest BCUT2D eigenvalue weighted by Gasteiger charge is 2.24. The van der Waals surface area contributed by atoms with E-state index in [1.54, 1.807) is 11.1 Å². The van der Waals surface area contributed by atoms with E-state index in [2.05, 4.69) is 42.3 Å². The van der Waals surface area contributed by atoms with E-state index in [9.17, 15) is 0 Å². The molecular weight excluding hydrogens is 256 g/mol. The molecule has 0 saturated carbocycles. The lowest BCUT2D eigenvalue weighted by atomic mass is 9.91. The molecule has 2 unspecified atom stereocenters. The molecule has 2 heteroatoms. The topological polar surface area (TPSA) is 15.3 Å². The van der Waals surface area contributed by atoms with Gasteiger partial charge in [-0.1, -0.05) is 25.1 Å². The Hall–Kier alpha value is -0.860. The highest BCUT2D eigenvalue weighted by atomic mass is 15.1. The maximum Gasteiger partial charge on any atom is 0.0233 e. The molecule has 1 fully saturated rings. The van der Waals surface area contributed by atoms with Gasteiger partial charge >= 0.3 is 0 Å². The summed E-state index contributed by atoms with van der Waals surface area (Å²) in [5.74, 6) is 0.813. The maximum atomic E-state index is 3.61. The molecular formula is C19H30N2. The van der Waals surface area contributed by atoms with Crippen LogP contribution in [0.25, 0.3) is 0 Å². The molecule has 3 rings (SSSR count). The zero-order valence-corrected chi connectivity index (χ0v) is 13.7. The van der Waals surface area contributed by atoms with Crippen molar-refractivity contribution in [3.05, 3.63) is 34.9 Å². The molecule has 0 bridgehead atoms. The van der Waals surface area contributed by atoms with Crippen LogP contribution in [0.15, 0.2) is 18.2 Å². The molecule has 1 aliphatic heterocycles. The van der Waals surface area contributed by atoms with Gasteiger partial charge in [0, 0.05) is 19.1 Å². The third-order valence-electron chi connectivity index (χ3n) is 5.34. The first-order valence-electron chi connectivity index (χ1n) is 8.82. The van der Waals surface area contributed by atoms with Crippen LogP contribution in [-0.2, 0) is 19.4 Å². The number of benzene rings is 1. The van der Waals surface area contributed by atoms with E-state index in [1.165, 1.54) is 50.8 Å². The fourth-order valence-corrected chi connectivity index (χ4v) is 4.11. The number of hydrogen-bond donors (Lipinski definition) is 1. The molecule has 21 heavy (non-hydrogen) atoms. The van der Waals surface area contributed by atoms with Crippen molar-refractivity contribution < 1.29 is 0 Å². The Labute approximate surface area is 129 Å². The number of hydrogen-bond acceptors (Lipinski definition) is 2. The lowest BCUT2D eigenvalue weighted by Gasteiger charge is -2.36. The van der Waals surface area contributed by atoms with Gasteiger partial charge in [0.2, 0.25) is 0 Å². The molecule has 1 heterocycles. The highest BCUT2D eigenvalue weighted by molar-refractivity contribution is 5.35. The first-order valence-corrected chi connectivity index (χ1v) is 8.82. The first-order chi connectivity index (χ1) is 10.3. The van der Waals surface area contributed by atoms with Crippen LogP contribution >= 0.6 is 0 Å². The van der Waals surface area contributed by atoms with E-state index in [1.807, 2.05) is 0 Å². The molecule has 1 N–H and O–H groups in total. The summed E-state index contributed by atoms with van der Waals surface area (Å²) in [7, 11) is 0. The van der Waals surface area contributed by atoms with Gasteiger partial charge in [-0.25, -0.2) is 0 Å². The molecule has 2 aliphatic rings. The van der Waals surface area contributed by atoms with Crippen LogP contribution < -0.4 is 5.32 Å². The fraction of sp³-hybridized carbons (Fsp3) is 0.684. The van der Waals surface area contributed by atoms with Crippen LogP contribution in [0.5, 0.6) is 0 Å². The standard InChI is InChI=1S/C19H30N2/c1-3-20-15(2)19-8-5-11-21(14-19)13-16-9-10-17-6-4-7-18(17)12-16/h9-10,12,15,19-20H,3-8,11,13-14H2,1-2H3. The number of aryl methyl sites for hydroxylation is 2. The van der Waals surface area contributed by atoms with Crippen molar-refractivity contribution in [2.45, 2.75) is 58.5 Å². The zero-order chi connectivity index (χ0) is 14.7. The molecule has 1 saturated heterocycles. The van der Waals surface area contributed by atoms with Gasteiger partial charge in [0.25, 0.3) is 0 Å². The second-order valence-electron chi connectivity index (χ2n) is 6.94. The van der Waals surface area contributed by atoms with Gasteiger partial charge in [0.05, 0.1) is 0 Å². The maximum absolute atomic E-state index is 3.61. The highest BCUT2D eigenvalue weighted by Crippen LogP contribution is 2.25. The zero-order valence-electron chi connectivity index (χ0n) is 13.7. The van der Waals surface area contributed by atoms with Gasteiger partial charge in [-0.05, 0) is 74.7 Å². The van der Waals surface area contributed by atoms with Crippen molar-refractivity contribution in [1.82, 2.24) is 10.2 Å². The van der Waals surface area contributed by atoms with Crippen molar-refractivity contribution in [3.63, 3.8) is 0 Å². The summed E-state index contributed by atoms with van der Waals surface area (Å²) in [5.41, 5.74) is 4.73. The Bertz CT molecular complexity index is 469. The quantitative estimate of drug-likeness (QED) is 0.892. The Morgan fingerprint density at radius 3 is 2.95 bits per heavy atom. The summed E-state index contributed by atoms with van der Waals surface area (Å²) in [6.45, 7) is 9.32. The van der Waals surface area contributed by atoms with Crippen LogP contribution in [0.1, 0.15) is 49.8 Å². The van der Waals surface area contributed by atoms with Gasteiger partial charge in [-0.3, -0.25) is 4.90 Å². The van der Waals surface area contributed by atoms with Crippen LogP contribution in [0.4, 0.5) is 0 Å². The third kappa shape index (κ3) is 3.67. The fourth-order valence-electron chi connectivity index (χ4n) is 4.11. The van der Waals surface area contributed by atoms with Crippen LogP contribution in [0.2, 0.25) is 0 Å². The predicted molar refractivity (Wildman–Crippen MR) is 89.6 cm³/mol. The average molecular weight is 286 g/mol. The lowest BCUT2D eigenvalue weighted by Crippen LogP contribution is -2.44. The van der Waals surface area contributed by atoms with E-state index in [4.69, 9.17) is 0 Å². The second kappa shape index (κ2) is 6.93. The minimum Gasteiger partial charge on any atom is -0.314 e. The second-order valence-corrected chi connectivity index (χ2v) is 6.94. The number of nitrogens with zero attached hydrogens (tertiary/aromatic N) is 1. The molecule has 2 atom stereocenters. The van der Waals surface area contributed by atoms with Gasteiger partial charge in [-0.15, -0.1) is 0 Å². The molecule has 116 valence electrons. The number of piperidine rings is 1. The van der Waals surface area contributed by atoms with E-state index >= 15 is 0 Å². The van der Waals surface area contributed by atoms with E-state index in [0.29, 0.717) is 6.04 Å². The summed E-state index contributed by atoms with van der Waals surface area (Å²) in [5, 5.41) is 3.61. The number of fused-ring (bicyclic) bond motifs is 1. The van der Waals surface area contributed by atoms with Gasteiger partial charge in [-0.2, -0.15) is 0 Å². The number of likely N-dealkylation sites (tertiary alicyclic amines) is 1. The number of rotatable bonds is 5. The number of nitrogens with one attached hydrogen (secondary N) is 1. The van der Waals surface area contributed by atoms with Crippen LogP contribution in [0, 0.1) is 5.92 Å². The van der Waals surface area contributed by atoms with Crippen molar-refractivity contribution in [2.24, 2.45) is 5.92 Å². The Morgan fingerprint density at radius 2 is 2.10 bits per heavy atom. The Morgan fingerprint density at radius 1 is 1.24 bits per heavy atom. The van der Waals surface area contributed by atoms with Gasteiger partial charge in [0.15, 0.2) is 0 Å². The molecule has 0 aromatic heterocycles. The van der Waals surface area contributed by atoms with Crippen LogP contribution in [0.3, 0.4) is 0 Å². The predicted octanol–water partition coefficient (Wildman–Crippen LogP) is 3.39. The molecule has 0 spiro atoms. The van der Waals surface area contributed by atoms with E-state index in [0.717, 1.165) is 19.0 Å². The first kappa shape index (κ1) is 15.1. The summed E-state index contributed by atoms with van der Waals surface area (Å²) in [6, 6.07) is 7.86. The Kier molecular flexibility index (Phi) is 4.97. The third-order valence-corrected chi connectivity index (χ3v) is 5.34. The van der Waals surface area contributed by atoms with Crippen molar-refractivity contribution in [2.75, 3.05) is 19.6 Å². The van der Waals surface area contributed by atoms with Crippen molar-refractivity contribution in [3.8, 4) is 0 Å². The van der Waals surface area contributed by atoms with Crippen molar-refractivity contribution >= 4 is 0 Å². The summed E-state index contributed by atoms with van der Waals surface area (Å²) in [4.78, 5) is 2.67. The van der Waals surface area contributed by atoms with Gasteiger partial charge < -0.3 is 5.32 Å². The minimum atomic E-state index is 0.651. The largest absolute Gasteiger partial charge is 0.314 e. The van der Waals surface area contributed by atoms with Crippen LogP contribution in [-0.4, -0.2) is 30.6 Å². The molecule has 1 aromatic carbocycles. The smallest absolute Gasteiger partial charge is 0.0233 e. The van der Waals surface area contributed by atoms with Crippen molar-refractivity contribution in [1.29, 1.82) is 0 Å². The molecule has 2 nitrogen and oxygen atoms in total. The summed E-state index contributed by atoms with van der Waals surface area (Å²) in [6.07, 6.45) is 6.68. The summed E-state index contributed by atoms with van der Waals surface area (Å²) >= 11 is 0. The molecule has 0 radical (unpaired) electrons. The molecule has 1 aromatic rings. The van der Waals surface area contributed by atoms with E-state index < -0.39 is 0 Å². The molecule has 0 amide bonds. The molecule has 1 aliphatic carbocycles. The SMILES string of the molecule is CCNC(C)C1CCCN(Cc2ccc3c(c2)CCC3)C1. The Balaban J connectivity index is 1.59. The monoisotopic (exact) mass is 286 g/mol. The lowest BCUT2D eigenvalue weighted by molar-refractivity contribution is 0.145. The van der Waals surface area contributed by atoms with Gasteiger partial charge in [0.1, 0.15) is 0 Å². The summed E-state index contributed by atoms with van der Waals surface area (Å²) < 4.78 is 0. The van der Waals surface area contributed by atoms with E-state index in [-0.39, 0.29) is 0 Å². The normalized spacial score (nSPS) is 24.0. The minimum absolute atomic E-state index is 0.651.